The van der Waals surface area contributed by atoms with Gasteiger partial charge < -0.3 is 15.0 Å². The van der Waals surface area contributed by atoms with Gasteiger partial charge >= 0.3 is 5.97 Å². The van der Waals surface area contributed by atoms with Crippen molar-refractivity contribution in [3.63, 3.8) is 0 Å². The lowest BCUT2D eigenvalue weighted by Crippen LogP contribution is -2.14. The van der Waals surface area contributed by atoms with Gasteiger partial charge in [-0.2, -0.15) is 0 Å². The molecule has 0 spiro atoms. The molecule has 0 saturated carbocycles. The first kappa shape index (κ1) is 19.4. The zero-order valence-corrected chi connectivity index (χ0v) is 16.0. The Morgan fingerprint density at radius 1 is 1.35 bits per heavy atom. The molecular formula is C20H26N4O2. The molecule has 6 heteroatoms. The summed E-state index contributed by atoms with van der Waals surface area (Å²) in [5.74, 6) is 0.0606. The van der Waals surface area contributed by atoms with E-state index in [9.17, 15) is 4.79 Å². The number of anilines is 1. The highest BCUT2D eigenvalue weighted by Crippen LogP contribution is 2.25. The molecule has 1 aromatic carbocycles. The van der Waals surface area contributed by atoms with Gasteiger partial charge in [0.1, 0.15) is 11.4 Å². The zero-order valence-electron chi connectivity index (χ0n) is 16.0. The van der Waals surface area contributed by atoms with Gasteiger partial charge in [0.2, 0.25) is 0 Å². The monoisotopic (exact) mass is 354 g/mol. The Balaban J connectivity index is 2.32. The maximum atomic E-state index is 12.2. The van der Waals surface area contributed by atoms with E-state index in [1.54, 1.807) is 12.4 Å². The summed E-state index contributed by atoms with van der Waals surface area (Å²) in [5, 5.41) is 3.26. The highest BCUT2D eigenvalue weighted by Gasteiger charge is 2.16. The first-order chi connectivity index (χ1) is 12.5. The van der Waals surface area contributed by atoms with Crippen LogP contribution in [0, 0.1) is 13.8 Å². The Labute approximate surface area is 154 Å². The van der Waals surface area contributed by atoms with Gasteiger partial charge in [-0.1, -0.05) is 24.3 Å². The number of hydrogen-bond acceptors (Lipinski definition) is 5. The molecule has 0 fully saturated rings. The average molecular weight is 354 g/mol. The minimum atomic E-state index is -0.440. The lowest BCUT2D eigenvalue weighted by atomic mass is 10.1. The first-order valence-corrected chi connectivity index (χ1v) is 8.59. The molecule has 0 amide bonds. The minimum Gasteiger partial charge on any atom is -0.465 e. The first-order valence-electron chi connectivity index (χ1n) is 8.59. The number of aryl methyl sites for hydroxylation is 2. The molecule has 0 bridgehead atoms. The summed E-state index contributed by atoms with van der Waals surface area (Å²) in [6.07, 6.45) is 1.73. The van der Waals surface area contributed by atoms with Gasteiger partial charge in [0, 0.05) is 20.1 Å². The van der Waals surface area contributed by atoms with Crippen molar-refractivity contribution in [2.75, 3.05) is 26.0 Å². The number of aromatic nitrogens is 1. The number of nitrogens with one attached hydrogen (secondary N) is 1. The van der Waals surface area contributed by atoms with Crippen LogP contribution >= 0.6 is 0 Å². The van der Waals surface area contributed by atoms with E-state index < -0.39 is 5.97 Å². The lowest BCUT2D eigenvalue weighted by molar-refractivity contribution is 0.0601. The number of nitrogens with zero attached hydrogens (tertiary/aromatic N) is 3. The molecule has 1 heterocycles. The number of benzene rings is 1. The van der Waals surface area contributed by atoms with Crippen molar-refractivity contribution in [3.05, 3.63) is 52.7 Å². The van der Waals surface area contributed by atoms with Gasteiger partial charge in [-0.25, -0.2) is 14.8 Å². The number of hydrogen-bond donors (Lipinski definition) is 1. The summed E-state index contributed by atoms with van der Waals surface area (Å²) in [4.78, 5) is 23.1. The molecular weight excluding hydrogens is 328 g/mol. The van der Waals surface area contributed by atoms with Gasteiger partial charge in [-0.15, -0.1) is 0 Å². The van der Waals surface area contributed by atoms with Crippen LogP contribution in [-0.2, 0) is 11.3 Å². The van der Waals surface area contributed by atoms with E-state index in [2.05, 4.69) is 28.3 Å². The molecule has 1 aromatic heterocycles. The van der Waals surface area contributed by atoms with E-state index >= 15 is 0 Å². The Morgan fingerprint density at radius 2 is 2.08 bits per heavy atom. The van der Waals surface area contributed by atoms with Gasteiger partial charge in [0.25, 0.3) is 0 Å². The molecule has 0 aliphatic rings. The number of carbonyl (C=O) groups excluding carboxylic acids is 1. The van der Waals surface area contributed by atoms with Crippen LogP contribution in [0.3, 0.4) is 0 Å². The molecule has 6 nitrogen and oxygen atoms in total. The van der Waals surface area contributed by atoms with Crippen molar-refractivity contribution in [2.45, 2.75) is 27.3 Å². The van der Waals surface area contributed by atoms with Crippen molar-refractivity contribution in [1.82, 2.24) is 9.88 Å². The molecule has 0 aliphatic carbocycles. The van der Waals surface area contributed by atoms with E-state index in [-0.39, 0.29) is 0 Å². The summed E-state index contributed by atoms with van der Waals surface area (Å²) < 4.78 is 4.91. The Hall–Kier alpha value is -2.89. The van der Waals surface area contributed by atoms with E-state index in [1.807, 2.05) is 44.0 Å². The summed E-state index contributed by atoms with van der Waals surface area (Å²) >= 11 is 0. The van der Waals surface area contributed by atoms with Crippen LogP contribution in [0.1, 0.15) is 34.1 Å². The van der Waals surface area contributed by atoms with Crippen LogP contribution in [0.4, 0.5) is 11.5 Å². The molecule has 2 rings (SSSR count). The maximum absolute atomic E-state index is 12.2. The standard InChI is InChI=1S/C20H26N4O2/c1-6-24(4)13-22-18-11-17(20(25)26-5)19(23-15(18)3)21-12-16-10-8-7-9-14(16)2/h7-11,13H,6,12H2,1-5H3,(H,21,23)/b22-13+. The van der Waals surface area contributed by atoms with E-state index in [0.29, 0.717) is 23.6 Å². The summed E-state index contributed by atoms with van der Waals surface area (Å²) in [5.41, 5.74) is 4.09. The predicted octanol–water partition coefficient (Wildman–Crippen LogP) is 3.71. The fraction of sp³-hybridized carbons (Fsp3) is 0.350. The van der Waals surface area contributed by atoms with Crippen molar-refractivity contribution in [3.8, 4) is 0 Å². The number of esters is 1. The van der Waals surface area contributed by atoms with Gasteiger partial charge in [-0.3, -0.25) is 0 Å². The second-order valence-electron chi connectivity index (χ2n) is 6.08. The second kappa shape index (κ2) is 8.99. The second-order valence-corrected chi connectivity index (χ2v) is 6.08. The molecule has 26 heavy (non-hydrogen) atoms. The van der Waals surface area contributed by atoms with Crippen LogP contribution in [0.2, 0.25) is 0 Å². The topological polar surface area (TPSA) is 66.8 Å². The average Bonchev–Trinajstić information content (AvgIpc) is 2.65. The fourth-order valence-electron chi connectivity index (χ4n) is 2.36. The molecule has 0 unspecified atom stereocenters. The number of rotatable bonds is 7. The molecule has 0 saturated heterocycles. The third-order valence-corrected chi connectivity index (χ3v) is 4.19. The largest absolute Gasteiger partial charge is 0.465 e. The molecule has 0 aliphatic heterocycles. The molecule has 2 aromatic rings. The minimum absolute atomic E-state index is 0.373. The van der Waals surface area contributed by atoms with Crippen LogP contribution < -0.4 is 5.32 Å². The highest BCUT2D eigenvalue weighted by atomic mass is 16.5. The number of aliphatic imine (C=N–C) groups is 1. The van der Waals surface area contributed by atoms with E-state index in [0.717, 1.165) is 17.8 Å². The normalized spacial score (nSPS) is 10.8. The third kappa shape index (κ3) is 4.81. The highest BCUT2D eigenvalue weighted by molar-refractivity contribution is 5.95. The zero-order chi connectivity index (χ0) is 19.1. The quantitative estimate of drug-likeness (QED) is 0.466. The molecule has 138 valence electrons. The third-order valence-electron chi connectivity index (χ3n) is 4.19. The van der Waals surface area contributed by atoms with Crippen molar-refractivity contribution in [1.29, 1.82) is 0 Å². The Morgan fingerprint density at radius 3 is 2.73 bits per heavy atom. The summed E-state index contributed by atoms with van der Waals surface area (Å²) in [6, 6.07) is 9.81. The van der Waals surface area contributed by atoms with Crippen molar-refractivity contribution < 1.29 is 9.53 Å². The van der Waals surface area contributed by atoms with Gasteiger partial charge in [-0.05, 0) is 38.0 Å². The number of carbonyl (C=O) groups is 1. The Bertz CT molecular complexity index is 802. The summed E-state index contributed by atoms with van der Waals surface area (Å²) in [6.45, 7) is 7.38. The number of ether oxygens (including phenoxy) is 1. The predicted molar refractivity (Wildman–Crippen MR) is 105 cm³/mol. The van der Waals surface area contributed by atoms with Crippen LogP contribution in [0.25, 0.3) is 0 Å². The smallest absolute Gasteiger partial charge is 0.341 e. The Kier molecular flexibility index (Phi) is 6.72. The van der Waals surface area contributed by atoms with Crippen molar-refractivity contribution in [2.24, 2.45) is 4.99 Å². The number of pyridine rings is 1. The van der Waals surface area contributed by atoms with E-state index in [4.69, 9.17) is 4.74 Å². The molecule has 1 N–H and O–H groups in total. The SMILES string of the molecule is CCN(C)/C=N/c1cc(C(=O)OC)c(NCc2ccccc2C)nc1C. The van der Waals surface area contributed by atoms with Crippen LogP contribution in [0.15, 0.2) is 35.3 Å². The van der Waals surface area contributed by atoms with Crippen LogP contribution in [0.5, 0.6) is 0 Å². The van der Waals surface area contributed by atoms with Crippen LogP contribution in [-0.4, -0.2) is 42.9 Å². The van der Waals surface area contributed by atoms with Crippen molar-refractivity contribution >= 4 is 23.8 Å². The van der Waals surface area contributed by atoms with Gasteiger partial charge in [0.05, 0.1) is 24.8 Å². The van der Waals surface area contributed by atoms with E-state index in [1.165, 1.54) is 12.7 Å². The number of methoxy groups -OCH3 is 1. The fourth-order valence-corrected chi connectivity index (χ4v) is 2.36. The molecule has 0 atom stereocenters. The van der Waals surface area contributed by atoms with Gasteiger partial charge in [0.15, 0.2) is 0 Å². The molecule has 0 radical (unpaired) electrons. The lowest BCUT2D eigenvalue weighted by Gasteiger charge is -2.14. The summed E-state index contributed by atoms with van der Waals surface area (Å²) in [7, 11) is 3.30. The maximum Gasteiger partial charge on any atom is 0.341 e.